The Balaban J connectivity index is 0.00000145. The van der Waals surface area contributed by atoms with Crippen LogP contribution in [-0.2, 0) is 23.0 Å². The molecule has 0 fully saturated rings. The van der Waals surface area contributed by atoms with Crippen LogP contribution in [0.4, 0.5) is 0 Å². The summed E-state index contributed by atoms with van der Waals surface area (Å²) in [4.78, 5) is 21.1. The lowest BCUT2D eigenvalue weighted by Crippen LogP contribution is -2.23. The van der Waals surface area contributed by atoms with Crippen molar-refractivity contribution in [2.75, 3.05) is 12.9 Å². The first-order valence-electron chi connectivity index (χ1n) is 9.87. The van der Waals surface area contributed by atoms with Gasteiger partial charge in [0.1, 0.15) is 5.03 Å². The molecule has 0 aromatic carbocycles. The highest BCUT2D eigenvalue weighted by Gasteiger charge is 2.22. The Hall–Kier alpha value is -2.35. The third-order valence-corrected chi connectivity index (χ3v) is 4.79. The molecule has 0 aliphatic carbocycles. The lowest BCUT2D eigenvalue weighted by Gasteiger charge is -2.16. The van der Waals surface area contributed by atoms with Gasteiger partial charge in [0, 0.05) is 25.0 Å². The van der Waals surface area contributed by atoms with E-state index >= 15 is 0 Å². The number of carbonyl (C=O) groups is 1. The molecule has 3 aromatic rings. The number of rotatable bonds is 6. The lowest BCUT2D eigenvalue weighted by atomic mass is 9.97. The summed E-state index contributed by atoms with van der Waals surface area (Å²) in [6.45, 7) is 9.96. The molecule has 0 saturated carbocycles. The fourth-order valence-electron chi connectivity index (χ4n) is 2.67. The number of hydrogen-bond acceptors (Lipinski definition) is 6. The van der Waals surface area contributed by atoms with Gasteiger partial charge in [0.25, 0.3) is 0 Å². The number of thioether (sulfide) groups is 1. The highest BCUT2D eigenvalue weighted by Crippen LogP contribution is 2.26. The van der Waals surface area contributed by atoms with E-state index in [1.807, 2.05) is 72.7 Å². The highest BCUT2D eigenvalue weighted by molar-refractivity contribution is 7.98. The highest BCUT2D eigenvalue weighted by atomic mass is 32.2. The van der Waals surface area contributed by atoms with E-state index in [0.717, 1.165) is 40.5 Å². The van der Waals surface area contributed by atoms with Crippen molar-refractivity contribution in [3.8, 4) is 11.3 Å². The Kier molecular flexibility index (Phi) is 7.84. The molecule has 3 aromatic heterocycles. The molecule has 0 saturated heterocycles. The van der Waals surface area contributed by atoms with E-state index < -0.39 is 5.41 Å². The molecule has 0 amide bonds. The van der Waals surface area contributed by atoms with Crippen LogP contribution in [0.5, 0.6) is 0 Å². The predicted molar refractivity (Wildman–Crippen MR) is 117 cm³/mol. The Morgan fingerprint density at radius 2 is 1.93 bits per heavy atom. The molecule has 8 heteroatoms. The van der Waals surface area contributed by atoms with Gasteiger partial charge in [-0.05, 0) is 39.9 Å². The number of nitrogens with zero attached hydrogens (tertiary/aromatic N) is 5. The molecule has 7 nitrogen and oxygen atoms in total. The number of ether oxygens (including phenoxy) is 1. The van der Waals surface area contributed by atoms with Crippen LogP contribution >= 0.6 is 11.8 Å². The van der Waals surface area contributed by atoms with Gasteiger partial charge >= 0.3 is 5.97 Å². The second kappa shape index (κ2) is 9.91. The van der Waals surface area contributed by atoms with Crippen LogP contribution in [0.2, 0.25) is 0 Å². The maximum atomic E-state index is 11.9. The number of aryl methyl sites for hydroxylation is 2. The van der Waals surface area contributed by atoms with Crippen molar-refractivity contribution >= 4 is 23.4 Å². The molecule has 0 unspecified atom stereocenters. The molecule has 0 N–H and O–H groups in total. The van der Waals surface area contributed by atoms with E-state index in [0.29, 0.717) is 6.61 Å². The Morgan fingerprint density at radius 1 is 1.21 bits per heavy atom. The fraction of sp³-hybridized carbons (Fsp3) is 0.524. The first-order chi connectivity index (χ1) is 13.8. The second-order valence-electron chi connectivity index (χ2n) is 7.47. The summed E-state index contributed by atoms with van der Waals surface area (Å²) in [7, 11) is 1.89. The van der Waals surface area contributed by atoms with Crippen molar-refractivity contribution < 1.29 is 9.53 Å². The number of aromatic nitrogens is 5. The third-order valence-electron chi connectivity index (χ3n) is 4.13. The lowest BCUT2D eigenvalue weighted by molar-refractivity contribution is -0.153. The number of imidazole rings is 1. The van der Waals surface area contributed by atoms with E-state index in [9.17, 15) is 4.79 Å². The first kappa shape index (κ1) is 22.9. The molecule has 158 valence electrons. The van der Waals surface area contributed by atoms with Gasteiger partial charge < -0.3 is 4.74 Å². The Labute approximate surface area is 176 Å². The van der Waals surface area contributed by atoms with Gasteiger partial charge in [-0.25, -0.2) is 9.97 Å². The molecular weight excluding hydrogens is 386 g/mol. The van der Waals surface area contributed by atoms with Crippen LogP contribution in [0.1, 0.15) is 46.7 Å². The number of esters is 1. The van der Waals surface area contributed by atoms with E-state index in [2.05, 4.69) is 14.5 Å². The summed E-state index contributed by atoms with van der Waals surface area (Å²) in [6.07, 6.45) is 11.1. The van der Waals surface area contributed by atoms with Gasteiger partial charge in [-0.3, -0.25) is 13.9 Å². The first-order valence-corrected chi connectivity index (χ1v) is 11.1. The normalized spacial score (nSPS) is 11.3. The molecule has 0 aliphatic rings. The van der Waals surface area contributed by atoms with Crippen molar-refractivity contribution in [3.63, 3.8) is 0 Å². The summed E-state index contributed by atoms with van der Waals surface area (Å²) < 4.78 is 9.19. The van der Waals surface area contributed by atoms with Crippen LogP contribution in [0.15, 0.2) is 29.8 Å². The van der Waals surface area contributed by atoms with E-state index in [1.165, 1.54) is 0 Å². The summed E-state index contributed by atoms with van der Waals surface area (Å²) >= 11 is 1.57. The minimum absolute atomic E-state index is 0.177. The summed E-state index contributed by atoms with van der Waals surface area (Å²) in [6, 6.07) is 0. The molecule has 29 heavy (non-hydrogen) atoms. The van der Waals surface area contributed by atoms with Crippen LogP contribution in [-0.4, -0.2) is 43.0 Å². The molecule has 0 atom stereocenters. The van der Waals surface area contributed by atoms with Crippen molar-refractivity contribution in [2.45, 2.75) is 52.5 Å². The smallest absolute Gasteiger partial charge is 0.311 e. The monoisotopic (exact) mass is 417 g/mol. The minimum Gasteiger partial charge on any atom is -0.465 e. The largest absolute Gasteiger partial charge is 0.465 e. The van der Waals surface area contributed by atoms with Gasteiger partial charge in [-0.2, -0.15) is 5.10 Å². The Bertz CT molecular complexity index is 956. The molecule has 0 aliphatic heterocycles. The third kappa shape index (κ3) is 5.59. The van der Waals surface area contributed by atoms with Crippen LogP contribution in [0, 0.1) is 5.41 Å². The van der Waals surface area contributed by atoms with Crippen LogP contribution in [0.25, 0.3) is 16.9 Å². The maximum Gasteiger partial charge on any atom is 0.311 e. The van der Waals surface area contributed by atoms with E-state index in [1.54, 1.807) is 16.4 Å². The molecular formula is C21H31N5O2S. The molecule has 0 bridgehead atoms. The van der Waals surface area contributed by atoms with E-state index in [4.69, 9.17) is 9.72 Å². The number of carbonyl (C=O) groups excluding carboxylic acids is 1. The average molecular weight is 418 g/mol. The summed E-state index contributed by atoms with van der Waals surface area (Å²) in [5.74, 6) is -0.177. The van der Waals surface area contributed by atoms with Gasteiger partial charge in [0.15, 0.2) is 5.65 Å². The van der Waals surface area contributed by atoms with Gasteiger partial charge in [-0.1, -0.05) is 13.8 Å². The van der Waals surface area contributed by atoms with Gasteiger partial charge in [0.2, 0.25) is 0 Å². The fourth-order valence-corrected chi connectivity index (χ4v) is 3.21. The Morgan fingerprint density at radius 3 is 2.52 bits per heavy atom. The van der Waals surface area contributed by atoms with Crippen molar-refractivity contribution in [2.24, 2.45) is 12.5 Å². The quantitative estimate of drug-likeness (QED) is 0.336. The molecule has 0 spiro atoms. The number of fused-ring (bicyclic) bond motifs is 1. The zero-order valence-electron chi connectivity index (χ0n) is 18.4. The SMILES string of the molecule is CC.CSc1nc(CCCOC(=O)C(C)(C)C)cn2c(-c3cnn(C)c3)cnc12. The van der Waals surface area contributed by atoms with Crippen molar-refractivity contribution in [3.05, 3.63) is 30.5 Å². The van der Waals surface area contributed by atoms with Crippen molar-refractivity contribution in [1.82, 2.24) is 24.1 Å². The topological polar surface area (TPSA) is 74.3 Å². The van der Waals surface area contributed by atoms with Crippen LogP contribution < -0.4 is 0 Å². The summed E-state index contributed by atoms with van der Waals surface area (Å²) in [5, 5.41) is 5.13. The van der Waals surface area contributed by atoms with Crippen LogP contribution in [0.3, 0.4) is 0 Å². The van der Waals surface area contributed by atoms with E-state index in [-0.39, 0.29) is 5.97 Å². The molecule has 3 heterocycles. The van der Waals surface area contributed by atoms with Gasteiger partial charge in [0.05, 0.1) is 35.8 Å². The maximum absolute atomic E-state index is 11.9. The standard InChI is InChI=1S/C19H25N5O2S.C2H6/c1-19(2,3)18(25)26-8-6-7-14-12-24-15(13-9-21-23(4)11-13)10-20-16(24)17(22-14)27-5;1-2/h9-12H,6-8H2,1-5H3;1-2H3. The van der Waals surface area contributed by atoms with Gasteiger partial charge in [-0.15, -0.1) is 11.8 Å². The molecule has 3 rings (SSSR count). The summed E-state index contributed by atoms with van der Waals surface area (Å²) in [5.41, 5.74) is 3.30. The average Bonchev–Trinajstić information content (AvgIpc) is 3.31. The number of hydrogen-bond donors (Lipinski definition) is 0. The second-order valence-corrected chi connectivity index (χ2v) is 8.27. The molecule has 0 radical (unpaired) electrons. The predicted octanol–water partition coefficient (Wildman–Crippen LogP) is 4.40. The zero-order valence-corrected chi connectivity index (χ0v) is 19.2. The zero-order chi connectivity index (χ0) is 21.6. The minimum atomic E-state index is -0.474. The van der Waals surface area contributed by atoms with Crippen molar-refractivity contribution in [1.29, 1.82) is 0 Å².